The van der Waals surface area contributed by atoms with Crippen LogP contribution in [0.2, 0.25) is 5.15 Å². The van der Waals surface area contributed by atoms with Gasteiger partial charge in [-0.3, -0.25) is 4.98 Å². The number of nitrogen functional groups attached to an aromatic ring is 1. The van der Waals surface area contributed by atoms with Gasteiger partial charge >= 0.3 is 0 Å². The lowest BCUT2D eigenvalue weighted by Gasteiger charge is -2.21. The standard InChI is InChI=1S/C17H20ClN5O2/c1-9-6-20-12(10(2)14(9)25-3)8-23-7-11(4-5-24)13-15(18)21-17(19)22-16(13)23/h5-6,11H,4,7-8H2,1-3H3,(H2,19,21,22)/t11-/m0/s1. The Bertz CT molecular complexity index is 827. The first-order chi connectivity index (χ1) is 12.0. The van der Waals surface area contributed by atoms with Gasteiger partial charge in [-0.05, 0) is 13.8 Å². The van der Waals surface area contributed by atoms with Crippen LogP contribution >= 0.6 is 11.6 Å². The van der Waals surface area contributed by atoms with Gasteiger partial charge in [0.05, 0.1) is 19.3 Å². The minimum Gasteiger partial charge on any atom is -0.496 e. The number of carbonyl (C=O) groups excluding carboxylic acids is 1. The van der Waals surface area contributed by atoms with Crippen molar-refractivity contribution in [1.29, 1.82) is 0 Å². The highest BCUT2D eigenvalue weighted by Crippen LogP contribution is 2.41. The molecule has 0 amide bonds. The van der Waals surface area contributed by atoms with E-state index in [9.17, 15) is 4.79 Å². The number of hydrogen-bond donors (Lipinski definition) is 1. The van der Waals surface area contributed by atoms with Gasteiger partial charge in [0.15, 0.2) is 0 Å². The molecule has 0 saturated carbocycles. The Labute approximate surface area is 151 Å². The van der Waals surface area contributed by atoms with E-state index in [1.54, 1.807) is 13.3 Å². The normalized spacial score (nSPS) is 16.0. The number of pyridine rings is 1. The van der Waals surface area contributed by atoms with Crippen molar-refractivity contribution in [3.63, 3.8) is 0 Å². The van der Waals surface area contributed by atoms with E-state index >= 15 is 0 Å². The van der Waals surface area contributed by atoms with Gasteiger partial charge in [-0.1, -0.05) is 11.6 Å². The Morgan fingerprint density at radius 2 is 2.20 bits per heavy atom. The molecule has 7 nitrogen and oxygen atoms in total. The van der Waals surface area contributed by atoms with Gasteiger partial charge in [0.25, 0.3) is 0 Å². The number of rotatable bonds is 5. The van der Waals surface area contributed by atoms with E-state index in [-0.39, 0.29) is 11.9 Å². The first kappa shape index (κ1) is 17.4. The fraction of sp³-hybridized carbons (Fsp3) is 0.412. The predicted octanol–water partition coefficient (Wildman–Crippen LogP) is 2.43. The smallest absolute Gasteiger partial charge is 0.223 e. The molecule has 0 aromatic carbocycles. The van der Waals surface area contributed by atoms with Crippen LogP contribution in [-0.4, -0.2) is 34.9 Å². The van der Waals surface area contributed by atoms with Crippen LogP contribution < -0.4 is 15.4 Å². The lowest BCUT2D eigenvalue weighted by Crippen LogP contribution is -2.23. The van der Waals surface area contributed by atoms with Crippen LogP contribution in [0.3, 0.4) is 0 Å². The molecule has 0 spiro atoms. The molecule has 1 atom stereocenters. The van der Waals surface area contributed by atoms with E-state index in [1.807, 2.05) is 18.7 Å². The summed E-state index contributed by atoms with van der Waals surface area (Å²) in [4.78, 5) is 26.0. The summed E-state index contributed by atoms with van der Waals surface area (Å²) in [7, 11) is 1.65. The van der Waals surface area contributed by atoms with Gasteiger partial charge in [0.2, 0.25) is 5.95 Å². The number of hydrogen-bond acceptors (Lipinski definition) is 7. The van der Waals surface area contributed by atoms with Crippen LogP contribution in [0.15, 0.2) is 6.20 Å². The Morgan fingerprint density at radius 3 is 2.88 bits per heavy atom. The molecule has 0 fully saturated rings. The Balaban J connectivity index is 1.99. The molecule has 0 radical (unpaired) electrons. The van der Waals surface area contributed by atoms with Crippen LogP contribution in [-0.2, 0) is 11.3 Å². The third kappa shape index (κ3) is 3.11. The summed E-state index contributed by atoms with van der Waals surface area (Å²) >= 11 is 6.26. The molecule has 0 aliphatic carbocycles. The molecule has 0 saturated heterocycles. The van der Waals surface area contributed by atoms with Gasteiger partial charge < -0.3 is 20.2 Å². The summed E-state index contributed by atoms with van der Waals surface area (Å²) in [6.45, 7) is 5.08. The molecule has 2 N–H and O–H groups in total. The summed E-state index contributed by atoms with van der Waals surface area (Å²) in [6, 6.07) is 0. The number of aldehydes is 1. The first-order valence-electron chi connectivity index (χ1n) is 7.96. The van der Waals surface area contributed by atoms with Crippen LogP contribution in [0.25, 0.3) is 0 Å². The number of fused-ring (bicyclic) bond motifs is 1. The van der Waals surface area contributed by atoms with E-state index in [4.69, 9.17) is 22.1 Å². The molecule has 8 heteroatoms. The van der Waals surface area contributed by atoms with Crippen molar-refractivity contribution in [2.45, 2.75) is 32.7 Å². The Hall–Kier alpha value is -2.41. The van der Waals surface area contributed by atoms with Gasteiger partial charge in [0.1, 0.15) is 23.0 Å². The maximum Gasteiger partial charge on any atom is 0.223 e. The van der Waals surface area contributed by atoms with E-state index in [0.717, 1.165) is 34.4 Å². The van der Waals surface area contributed by atoms with Gasteiger partial charge in [0, 0.05) is 41.8 Å². The van der Waals surface area contributed by atoms with Crippen LogP contribution in [0.4, 0.5) is 11.8 Å². The molecule has 25 heavy (non-hydrogen) atoms. The lowest BCUT2D eigenvalue weighted by atomic mass is 10.0. The van der Waals surface area contributed by atoms with E-state index in [1.165, 1.54) is 0 Å². The minimum absolute atomic E-state index is 0.0479. The summed E-state index contributed by atoms with van der Waals surface area (Å²) in [5.74, 6) is 1.57. The highest BCUT2D eigenvalue weighted by molar-refractivity contribution is 6.30. The van der Waals surface area contributed by atoms with Crippen molar-refractivity contribution < 1.29 is 9.53 Å². The second-order valence-corrected chi connectivity index (χ2v) is 6.49. The number of methoxy groups -OCH3 is 1. The van der Waals surface area contributed by atoms with E-state index in [0.29, 0.717) is 30.5 Å². The molecule has 2 aromatic rings. The van der Waals surface area contributed by atoms with Crippen molar-refractivity contribution in [3.05, 3.63) is 33.7 Å². The van der Waals surface area contributed by atoms with Gasteiger partial charge in [-0.2, -0.15) is 4.98 Å². The van der Waals surface area contributed by atoms with Crippen molar-refractivity contribution in [2.75, 3.05) is 24.3 Å². The summed E-state index contributed by atoms with van der Waals surface area (Å²) in [5.41, 5.74) is 9.39. The second kappa shape index (κ2) is 6.84. The molecule has 1 aliphatic heterocycles. The molecule has 0 bridgehead atoms. The van der Waals surface area contributed by atoms with Gasteiger partial charge in [-0.15, -0.1) is 0 Å². The summed E-state index contributed by atoms with van der Waals surface area (Å²) in [5, 5.41) is 0.308. The highest BCUT2D eigenvalue weighted by Gasteiger charge is 2.33. The number of carbonyl (C=O) groups is 1. The quantitative estimate of drug-likeness (QED) is 0.645. The molecule has 1 aliphatic rings. The molecule has 3 heterocycles. The van der Waals surface area contributed by atoms with Gasteiger partial charge in [-0.25, -0.2) is 4.98 Å². The fourth-order valence-electron chi connectivity index (χ4n) is 3.34. The maximum absolute atomic E-state index is 11.0. The van der Waals surface area contributed by atoms with Crippen LogP contribution in [0.5, 0.6) is 5.75 Å². The molecule has 3 rings (SSSR count). The Kier molecular flexibility index (Phi) is 4.76. The Morgan fingerprint density at radius 1 is 1.44 bits per heavy atom. The SMILES string of the molecule is COc1c(C)cnc(CN2C[C@H](CC=O)c3c(Cl)nc(N)nc32)c1C. The molecule has 132 valence electrons. The zero-order chi connectivity index (χ0) is 18.1. The number of aryl methyl sites for hydroxylation is 1. The molecule has 2 aromatic heterocycles. The number of aromatic nitrogens is 3. The average Bonchev–Trinajstić information content (AvgIpc) is 2.89. The number of ether oxygens (including phenoxy) is 1. The third-order valence-corrected chi connectivity index (χ3v) is 4.80. The minimum atomic E-state index is -0.0479. The fourth-order valence-corrected chi connectivity index (χ4v) is 3.67. The average molecular weight is 362 g/mol. The highest BCUT2D eigenvalue weighted by atomic mass is 35.5. The monoisotopic (exact) mass is 361 g/mol. The van der Waals surface area contributed by atoms with Crippen molar-refractivity contribution >= 4 is 29.7 Å². The molecular formula is C17H20ClN5O2. The van der Waals surface area contributed by atoms with E-state index in [2.05, 4.69) is 15.0 Å². The maximum atomic E-state index is 11.0. The van der Waals surface area contributed by atoms with E-state index < -0.39 is 0 Å². The number of halogens is 1. The molecular weight excluding hydrogens is 342 g/mol. The lowest BCUT2D eigenvalue weighted by molar-refractivity contribution is -0.108. The van der Waals surface area contributed by atoms with Crippen molar-refractivity contribution in [3.8, 4) is 5.75 Å². The van der Waals surface area contributed by atoms with Crippen LogP contribution in [0.1, 0.15) is 34.7 Å². The van der Waals surface area contributed by atoms with Crippen LogP contribution in [0, 0.1) is 13.8 Å². The number of nitrogens with zero attached hydrogens (tertiary/aromatic N) is 4. The number of anilines is 2. The van der Waals surface area contributed by atoms with Crippen molar-refractivity contribution in [2.24, 2.45) is 0 Å². The largest absolute Gasteiger partial charge is 0.496 e. The topological polar surface area (TPSA) is 94.2 Å². The second-order valence-electron chi connectivity index (χ2n) is 6.14. The third-order valence-electron chi connectivity index (χ3n) is 4.52. The first-order valence-corrected chi connectivity index (χ1v) is 8.34. The molecule has 0 unspecified atom stereocenters. The zero-order valence-electron chi connectivity index (χ0n) is 14.4. The summed E-state index contributed by atoms with van der Waals surface area (Å²) < 4.78 is 5.48. The number of nitrogens with two attached hydrogens (primary N) is 1. The predicted molar refractivity (Wildman–Crippen MR) is 96.2 cm³/mol. The van der Waals surface area contributed by atoms with Crippen molar-refractivity contribution in [1.82, 2.24) is 15.0 Å². The zero-order valence-corrected chi connectivity index (χ0v) is 15.2. The summed E-state index contributed by atoms with van der Waals surface area (Å²) in [6.07, 6.45) is 3.05.